The molecule has 5 nitrogen and oxygen atoms in total. The van der Waals surface area contributed by atoms with Gasteiger partial charge in [0.2, 0.25) is 0 Å². The molecule has 0 radical (unpaired) electrons. The van der Waals surface area contributed by atoms with Gasteiger partial charge in [0.1, 0.15) is 5.82 Å². The lowest BCUT2D eigenvalue weighted by Gasteiger charge is -2.39. The maximum atomic E-state index is 13.0. The molecule has 0 bridgehead atoms. The van der Waals surface area contributed by atoms with E-state index >= 15 is 0 Å². The minimum Gasteiger partial charge on any atom is -0.355 e. The number of likely N-dealkylation sites (tertiary alicyclic amines) is 1. The monoisotopic (exact) mass is 363 g/mol. The van der Waals surface area contributed by atoms with Crippen molar-refractivity contribution in [2.45, 2.75) is 31.6 Å². The largest absolute Gasteiger partial charge is 0.416 e. The molecule has 2 aromatic rings. The van der Waals surface area contributed by atoms with Crippen molar-refractivity contribution in [1.82, 2.24) is 19.9 Å². The standard InChI is InChI=1S/C18H20F3N5/c19-18(20,21)14-1-4-24-17(9-14)26-8-3-13-2-7-25(16(13)12-26)11-15-10-22-5-6-23-15/h1,4-6,9-10,13,16H,2-3,7-8,11-12H2. The summed E-state index contributed by atoms with van der Waals surface area (Å²) >= 11 is 0. The summed E-state index contributed by atoms with van der Waals surface area (Å²) in [4.78, 5) is 17.0. The molecule has 0 N–H and O–H groups in total. The second kappa shape index (κ2) is 6.83. The molecule has 4 heterocycles. The Kier molecular flexibility index (Phi) is 4.52. The quantitative estimate of drug-likeness (QED) is 0.839. The molecule has 0 aliphatic carbocycles. The Balaban J connectivity index is 1.50. The average molecular weight is 363 g/mol. The third-order valence-electron chi connectivity index (χ3n) is 5.36. The Bertz CT molecular complexity index is 752. The molecule has 2 unspecified atom stereocenters. The number of rotatable bonds is 3. The van der Waals surface area contributed by atoms with Crippen molar-refractivity contribution in [2.75, 3.05) is 24.5 Å². The van der Waals surface area contributed by atoms with Crippen molar-refractivity contribution in [3.63, 3.8) is 0 Å². The van der Waals surface area contributed by atoms with Gasteiger partial charge in [0, 0.05) is 50.5 Å². The minimum absolute atomic E-state index is 0.307. The van der Waals surface area contributed by atoms with E-state index in [9.17, 15) is 13.2 Å². The van der Waals surface area contributed by atoms with Gasteiger partial charge in [0.15, 0.2) is 0 Å². The molecule has 2 fully saturated rings. The van der Waals surface area contributed by atoms with Crippen molar-refractivity contribution < 1.29 is 13.2 Å². The summed E-state index contributed by atoms with van der Waals surface area (Å²) in [5.41, 5.74) is 0.273. The molecule has 138 valence electrons. The molecule has 0 spiro atoms. The summed E-state index contributed by atoms with van der Waals surface area (Å²) in [6, 6.07) is 2.48. The zero-order valence-corrected chi connectivity index (χ0v) is 14.2. The second-order valence-corrected chi connectivity index (χ2v) is 6.92. The van der Waals surface area contributed by atoms with Crippen LogP contribution >= 0.6 is 0 Å². The van der Waals surface area contributed by atoms with E-state index in [1.165, 1.54) is 6.20 Å². The number of anilines is 1. The first-order valence-corrected chi connectivity index (χ1v) is 8.78. The maximum absolute atomic E-state index is 13.0. The number of hydrogen-bond acceptors (Lipinski definition) is 5. The third kappa shape index (κ3) is 3.51. The van der Waals surface area contributed by atoms with Crippen LogP contribution in [-0.2, 0) is 12.7 Å². The van der Waals surface area contributed by atoms with Gasteiger partial charge in [-0.05, 0) is 37.4 Å². The van der Waals surface area contributed by atoms with Crippen molar-refractivity contribution in [3.8, 4) is 0 Å². The first-order valence-electron chi connectivity index (χ1n) is 8.78. The molecule has 4 rings (SSSR count). The highest BCUT2D eigenvalue weighted by Gasteiger charge is 2.39. The molecule has 2 aliphatic rings. The molecule has 2 atom stereocenters. The van der Waals surface area contributed by atoms with Crippen molar-refractivity contribution in [1.29, 1.82) is 0 Å². The topological polar surface area (TPSA) is 45.2 Å². The Hall–Kier alpha value is -2.22. The van der Waals surface area contributed by atoms with E-state index in [1.807, 2.05) is 4.90 Å². The van der Waals surface area contributed by atoms with Crippen molar-refractivity contribution in [3.05, 3.63) is 48.2 Å². The van der Waals surface area contributed by atoms with Gasteiger partial charge in [0.05, 0.1) is 11.3 Å². The molecule has 0 saturated carbocycles. The fourth-order valence-electron chi connectivity index (χ4n) is 4.02. The maximum Gasteiger partial charge on any atom is 0.416 e. The van der Waals surface area contributed by atoms with Crippen LogP contribution in [0.2, 0.25) is 0 Å². The fourth-order valence-corrected chi connectivity index (χ4v) is 4.02. The summed E-state index contributed by atoms with van der Waals surface area (Å²) < 4.78 is 39.0. The Morgan fingerprint density at radius 1 is 1.08 bits per heavy atom. The number of alkyl halides is 3. The van der Waals surface area contributed by atoms with Crippen LogP contribution in [0.5, 0.6) is 0 Å². The summed E-state index contributed by atoms with van der Waals surface area (Å²) in [7, 11) is 0. The SMILES string of the molecule is FC(F)(F)c1ccnc(N2CCC3CCN(Cc4cnccn4)C3C2)c1. The molecule has 2 aliphatic heterocycles. The summed E-state index contributed by atoms with van der Waals surface area (Å²) in [5, 5.41) is 0. The fraction of sp³-hybridized carbons (Fsp3) is 0.500. The van der Waals surface area contributed by atoms with E-state index in [1.54, 1.807) is 18.6 Å². The number of hydrogen-bond donors (Lipinski definition) is 0. The van der Waals surface area contributed by atoms with E-state index in [0.717, 1.165) is 50.3 Å². The molecule has 0 aromatic carbocycles. The number of nitrogens with zero attached hydrogens (tertiary/aromatic N) is 5. The van der Waals surface area contributed by atoms with Crippen LogP contribution in [0.1, 0.15) is 24.1 Å². The predicted octanol–water partition coefficient (Wildman–Crippen LogP) is 2.99. The highest BCUT2D eigenvalue weighted by molar-refractivity contribution is 5.43. The molecule has 26 heavy (non-hydrogen) atoms. The van der Waals surface area contributed by atoms with Gasteiger partial charge < -0.3 is 4.90 Å². The number of pyridine rings is 1. The normalized spacial score (nSPS) is 23.9. The van der Waals surface area contributed by atoms with Gasteiger partial charge in [-0.3, -0.25) is 14.9 Å². The second-order valence-electron chi connectivity index (χ2n) is 6.92. The zero-order chi connectivity index (χ0) is 18.1. The van der Waals surface area contributed by atoms with Crippen LogP contribution < -0.4 is 4.90 Å². The van der Waals surface area contributed by atoms with Gasteiger partial charge in [-0.2, -0.15) is 13.2 Å². The number of aromatic nitrogens is 3. The van der Waals surface area contributed by atoms with E-state index in [2.05, 4.69) is 19.9 Å². The zero-order valence-electron chi connectivity index (χ0n) is 14.2. The summed E-state index contributed by atoms with van der Waals surface area (Å²) in [5.74, 6) is 0.985. The van der Waals surface area contributed by atoms with Crippen LogP contribution in [-0.4, -0.2) is 45.5 Å². The highest BCUT2D eigenvalue weighted by atomic mass is 19.4. The molecule has 0 amide bonds. The first-order chi connectivity index (χ1) is 12.5. The lowest BCUT2D eigenvalue weighted by Crippen LogP contribution is -2.48. The van der Waals surface area contributed by atoms with Gasteiger partial charge in [-0.25, -0.2) is 4.98 Å². The predicted molar refractivity (Wildman–Crippen MR) is 90.4 cm³/mol. The van der Waals surface area contributed by atoms with Crippen LogP contribution in [0.25, 0.3) is 0 Å². The summed E-state index contributed by atoms with van der Waals surface area (Å²) in [6.45, 7) is 3.14. The van der Waals surface area contributed by atoms with E-state index in [-0.39, 0.29) is 0 Å². The molecular formula is C18H20F3N5. The third-order valence-corrected chi connectivity index (χ3v) is 5.36. The minimum atomic E-state index is -4.35. The Morgan fingerprint density at radius 3 is 2.69 bits per heavy atom. The average Bonchev–Trinajstić information content (AvgIpc) is 3.04. The van der Waals surface area contributed by atoms with Crippen LogP contribution in [0.15, 0.2) is 36.9 Å². The molecule has 2 saturated heterocycles. The van der Waals surface area contributed by atoms with E-state index in [0.29, 0.717) is 24.3 Å². The van der Waals surface area contributed by atoms with Gasteiger partial charge in [0.25, 0.3) is 0 Å². The smallest absolute Gasteiger partial charge is 0.355 e. The Labute approximate surface area is 149 Å². The molecular weight excluding hydrogens is 343 g/mol. The molecule has 2 aromatic heterocycles. The lowest BCUT2D eigenvalue weighted by molar-refractivity contribution is -0.137. The van der Waals surface area contributed by atoms with Crippen molar-refractivity contribution in [2.24, 2.45) is 5.92 Å². The van der Waals surface area contributed by atoms with Crippen molar-refractivity contribution >= 4 is 5.82 Å². The number of fused-ring (bicyclic) bond motifs is 1. The number of halogens is 3. The lowest BCUT2D eigenvalue weighted by atomic mass is 9.92. The van der Waals surface area contributed by atoms with Crippen LogP contribution in [0.3, 0.4) is 0 Å². The summed E-state index contributed by atoms with van der Waals surface area (Å²) in [6.07, 6.45) is 4.09. The van der Waals surface area contributed by atoms with Gasteiger partial charge in [-0.15, -0.1) is 0 Å². The van der Waals surface area contributed by atoms with Gasteiger partial charge in [-0.1, -0.05) is 0 Å². The van der Waals surface area contributed by atoms with Crippen LogP contribution in [0, 0.1) is 5.92 Å². The Morgan fingerprint density at radius 2 is 1.92 bits per heavy atom. The van der Waals surface area contributed by atoms with E-state index < -0.39 is 11.7 Å². The van der Waals surface area contributed by atoms with Crippen LogP contribution in [0.4, 0.5) is 19.0 Å². The number of piperidine rings is 1. The first kappa shape index (κ1) is 17.2. The molecule has 8 heteroatoms. The van der Waals surface area contributed by atoms with E-state index in [4.69, 9.17) is 0 Å². The van der Waals surface area contributed by atoms with Gasteiger partial charge >= 0.3 is 6.18 Å². The highest BCUT2D eigenvalue weighted by Crippen LogP contribution is 2.35.